The van der Waals surface area contributed by atoms with Gasteiger partial charge in [-0.3, -0.25) is 4.79 Å². The van der Waals surface area contributed by atoms with E-state index in [0.29, 0.717) is 10.9 Å². The lowest BCUT2D eigenvalue weighted by molar-refractivity contribution is -0.205. The third kappa shape index (κ3) is 2.43. The summed E-state index contributed by atoms with van der Waals surface area (Å²) in [5, 5.41) is 0.654. The van der Waals surface area contributed by atoms with Crippen molar-refractivity contribution < 1.29 is 9.53 Å². The van der Waals surface area contributed by atoms with Gasteiger partial charge in [0, 0.05) is 16.8 Å². The second-order valence-electron chi connectivity index (χ2n) is 6.18. The Morgan fingerprint density at radius 3 is 2.65 bits per heavy atom. The zero-order valence-electron chi connectivity index (χ0n) is 12.2. The van der Waals surface area contributed by atoms with Crippen LogP contribution < -0.4 is 0 Å². The molecule has 20 heavy (non-hydrogen) atoms. The number of carbonyl (C=O) groups is 1. The van der Waals surface area contributed by atoms with Gasteiger partial charge >= 0.3 is 5.97 Å². The van der Waals surface area contributed by atoms with Gasteiger partial charge in [-0.2, -0.15) is 0 Å². The normalized spacial score (nSPS) is 30.9. The summed E-state index contributed by atoms with van der Waals surface area (Å²) >= 11 is 1.36. The van der Waals surface area contributed by atoms with E-state index >= 15 is 0 Å². The molecule has 0 bridgehead atoms. The molecule has 3 atom stereocenters. The zero-order valence-corrected chi connectivity index (χ0v) is 13.0. The molecule has 0 saturated heterocycles. The van der Waals surface area contributed by atoms with Crippen LogP contribution in [0.15, 0.2) is 11.2 Å². The molecule has 1 heterocycles. The van der Waals surface area contributed by atoms with E-state index in [2.05, 4.69) is 16.9 Å². The molecule has 1 aromatic rings. The maximum absolute atomic E-state index is 11.9. The first kappa shape index (κ1) is 13.9. The van der Waals surface area contributed by atoms with E-state index in [1.165, 1.54) is 24.6 Å². The number of aromatic nitrogens is 2. The largest absolute Gasteiger partial charge is 0.461 e. The highest BCUT2D eigenvalue weighted by molar-refractivity contribution is 7.99. The molecule has 2 aliphatic carbocycles. The minimum atomic E-state index is -0.144. The molecule has 2 aliphatic rings. The lowest BCUT2D eigenvalue weighted by Gasteiger charge is -2.61. The molecule has 0 radical (unpaired) electrons. The molecular formula is C15H20N2O2S. The quantitative estimate of drug-likeness (QED) is 0.485. The molecule has 0 N–H and O–H groups in total. The summed E-state index contributed by atoms with van der Waals surface area (Å²) in [6, 6.07) is 1.92. The number of hydrogen-bond acceptors (Lipinski definition) is 5. The van der Waals surface area contributed by atoms with Crippen molar-refractivity contribution in [3.8, 4) is 0 Å². The highest BCUT2D eigenvalue weighted by atomic mass is 32.2. The van der Waals surface area contributed by atoms with E-state index < -0.39 is 0 Å². The van der Waals surface area contributed by atoms with Crippen LogP contribution in [0, 0.1) is 25.2 Å². The van der Waals surface area contributed by atoms with Crippen LogP contribution in [0.5, 0.6) is 0 Å². The van der Waals surface area contributed by atoms with Crippen LogP contribution in [0.4, 0.5) is 0 Å². The van der Waals surface area contributed by atoms with Gasteiger partial charge in [0.15, 0.2) is 5.16 Å². The summed E-state index contributed by atoms with van der Waals surface area (Å²) in [5.41, 5.74) is 2.13. The topological polar surface area (TPSA) is 52.1 Å². The third-order valence-electron chi connectivity index (χ3n) is 4.75. The molecule has 0 unspecified atom stereocenters. The number of carbonyl (C=O) groups excluding carboxylic acids is 1. The first-order valence-electron chi connectivity index (χ1n) is 7.12. The van der Waals surface area contributed by atoms with E-state index in [1.807, 2.05) is 19.9 Å². The summed E-state index contributed by atoms with van der Waals surface area (Å²) in [7, 11) is 0. The summed E-state index contributed by atoms with van der Waals surface area (Å²) in [5.74, 6) is 0.935. The van der Waals surface area contributed by atoms with Crippen LogP contribution in [-0.4, -0.2) is 27.8 Å². The maximum atomic E-state index is 11.9. The molecule has 5 heteroatoms. The van der Waals surface area contributed by atoms with Crippen molar-refractivity contribution in [3.05, 3.63) is 17.5 Å². The Labute approximate surface area is 123 Å². The highest BCUT2D eigenvalue weighted by Gasteiger charge is 2.59. The van der Waals surface area contributed by atoms with E-state index in [4.69, 9.17) is 4.74 Å². The monoisotopic (exact) mass is 292 g/mol. The van der Waals surface area contributed by atoms with Crippen molar-refractivity contribution in [2.45, 2.75) is 51.3 Å². The molecular weight excluding hydrogens is 272 g/mol. The summed E-state index contributed by atoms with van der Waals surface area (Å²) in [6.45, 7) is 6.11. The molecule has 0 aliphatic heterocycles. The van der Waals surface area contributed by atoms with Crippen LogP contribution >= 0.6 is 11.8 Å². The first-order chi connectivity index (χ1) is 9.47. The minimum absolute atomic E-state index is 0.134. The van der Waals surface area contributed by atoms with Crippen molar-refractivity contribution in [1.29, 1.82) is 0 Å². The average molecular weight is 292 g/mol. The fourth-order valence-electron chi connectivity index (χ4n) is 3.24. The van der Waals surface area contributed by atoms with Crippen molar-refractivity contribution in [2.24, 2.45) is 11.3 Å². The molecule has 108 valence electrons. The van der Waals surface area contributed by atoms with E-state index in [9.17, 15) is 4.79 Å². The third-order valence-corrected chi connectivity index (χ3v) is 5.57. The second kappa shape index (κ2) is 5.02. The molecule has 1 aromatic heterocycles. The van der Waals surface area contributed by atoms with Crippen LogP contribution in [0.1, 0.15) is 37.6 Å². The minimum Gasteiger partial charge on any atom is -0.461 e. The number of rotatable bonds is 4. The summed E-state index contributed by atoms with van der Waals surface area (Å²) in [4.78, 5) is 20.5. The number of aryl methyl sites for hydroxylation is 2. The molecule has 2 saturated carbocycles. The van der Waals surface area contributed by atoms with Gasteiger partial charge in [-0.15, -0.1) is 0 Å². The van der Waals surface area contributed by atoms with Gasteiger partial charge in [0.1, 0.15) is 6.10 Å². The SMILES string of the molecule is Cc1cc(C)nc(SCC(=O)O[C@@H]2C[C@H]3CC[C@]32C)n1. The Hall–Kier alpha value is -1.10. The van der Waals surface area contributed by atoms with Gasteiger partial charge in [0.05, 0.1) is 5.75 Å². The Morgan fingerprint density at radius 2 is 2.15 bits per heavy atom. The smallest absolute Gasteiger partial charge is 0.316 e. The van der Waals surface area contributed by atoms with Crippen LogP contribution in [-0.2, 0) is 9.53 Å². The lowest BCUT2D eigenvalue weighted by atomic mass is 9.47. The highest BCUT2D eigenvalue weighted by Crippen LogP contribution is 2.61. The number of thioether (sulfide) groups is 1. The van der Waals surface area contributed by atoms with Crippen LogP contribution in [0.2, 0.25) is 0 Å². The number of nitrogens with zero attached hydrogens (tertiary/aromatic N) is 2. The van der Waals surface area contributed by atoms with Gasteiger partial charge in [-0.25, -0.2) is 9.97 Å². The average Bonchev–Trinajstić information content (AvgIpc) is 2.38. The fourth-order valence-corrected chi connectivity index (χ4v) is 3.97. The fraction of sp³-hybridized carbons (Fsp3) is 0.667. The molecule has 4 nitrogen and oxygen atoms in total. The Morgan fingerprint density at radius 1 is 1.45 bits per heavy atom. The van der Waals surface area contributed by atoms with E-state index in [1.54, 1.807) is 0 Å². The van der Waals surface area contributed by atoms with Crippen molar-refractivity contribution in [1.82, 2.24) is 9.97 Å². The van der Waals surface area contributed by atoms with Gasteiger partial charge in [0.25, 0.3) is 0 Å². The van der Waals surface area contributed by atoms with Gasteiger partial charge in [-0.05, 0) is 45.1 Å². The predicted molar refractivity (Wildman–Crippen MR) is 77.6 cm³/mol. The standard InChI is InChI=1S/C15H20N2O2S/c1-9-6-10(2)17-14(16-9)20-8-13(18)19-12-7-11-4-5-15(11,12)3/h6,11-12H,4-5,7-8H2,1-3H3/t11-,12-,15-/m1/s1. The Kier molecular flexibility index (Phi) is 3.48. The number of fused-ring (bicyclic) bond motifs is 1. The van der Waals surface area contributed by atoms with Gasteiger partial charge in [-0.1, -0.05) is 18.7 Å². The van der Waals surface area contributed by atoms with E-state index in [-0.39, 0.29) is 17.5 Å². The number of esters is 1. The lowest BCUT2D eigenvalue weighted by Crippen LogP contribution is -2.59. The first-order valence-corrected chi connectivity index (χ1v) is 8.10. The number of hydrogen-bond donors (Lipinski definition) is 0. The molecule has 0 aromatic carbocycles. The molecule has 3 rings (SSSR count). The molecule has 0 spiro atoms. The molecule has 2 fully saturated rings. The van der Waals surface area contributed by atoms with Gasteiger partial charge < -0.3 is 4.74 Å². The summed E-state index contributed by atoms with van der Waals surface area (Å²) in [6.07, 6.45) is 3.68. The second-order valence-corrected chi connectivity index (χ2v) is 7.12. The van der Waals surface area contributed by atoms with Crippen molar-refractivity contribution >= 4 is 17.7 Å². The Balaban J connectivity index is 1.50. The van der Waals surface area contributed by atoms with E-state index in [0.717, 1.165) is 23.7 Å². The van der Waals surface area contributed by atoms with Crippen molar-refractivity contribution in [3.63, 3.8) is 0 Å². The van der Waals surface area contributed by atoms with Gasteiger partial charge in [0.2, 0.25) is 0 Å². The molecule has 0 amide bonds. The number of ether oxygens (including phenoxy) is 1. The van der Waals surface area contributed by atoms with Crippen LogP contribution in [0.3, 0.4) is 0 Å². The van der Waals surface area contributed by atoms with Crippen LogP contribution in [0.25, 0.3) is 0 Å². The Bertz CT molecular complexity index is 528. The zero-order chi connectivity index (χ0) is 14.3. The predicted octanol–water partition coefficient (Wildman–Crippen LogP) is 2.92. The summed E-state index contributed by atoms with van der Waals surface area (Å²) < 4.78 is 5.59. The van der Waals surface area contributed by atoms with Crippen molar-refractivity contribution in [2.75, 3.05) is 5.75 Å². The maximum Gasteiger partial charge on any atom is 0.316 e.